The Hall–Kier alpha value is -2.38. The lowest BCUT2D eigenvalue weighted by Crippen LogP contribution is -2.61. The quantitative estimate of drug-likeness (QED) is 0.479. The van der Waals surface area contributed by atoms with Gasteiger partial charge in [0.05, 0.1) is 17.9 Å². The summed E-state index contributed by atoms with van der Waals surface area (Å²) in [5.41, 5.74) is -0.573. The molecule has 3 aliphatic heterocycles. The lowest BCUT2D eigenvalue weighted by molar-refractivity contribution is -0.146. The van der Waals surface area contributed by atoms with Crippen molar-refractivity contribution in [1.82, 2.24) is 10.2 Å². The summed E-state index contributed by atoms with van der Waals surface area (Å²) in [4.78, 5) is 44.4. The van der Waals surface area contributed by atoms with Gasteiger partial charge in [0.1, 0.15) is 11.6 Å². The van der Waals surface area contributed by atoms with Crippen molar-refractivity contribution in [2.45, 2.75) is 96.1 Å². The highest BCUT2D eigenvalue weighted by molar-refractivity contribution is 6.30. The Bertz CT molecular complexity index is 1220. The second-order valence-corrected chi connectivity index (χ2v) is 13.6. The molecule has 2 bridgehead atoms. The largest absolute Gasteiger partial charge is 0.359 e. The zero-order chi connectivity index (χ0) is 28.3. The number of benzene rings is 1. The molecule has 8 heteroatoms. The number of ether oxygens (including phenoxy) is 1. The number of likely N-dealkylation sites (tertiary alicyclic amines) is 1. The van der Waals surface area contributed by atoms with Crippen LogP contribution in [0.15, 0.2) is 36.4 Å². The topological polar surface area (TPSA) is 87.7 Å². The first-order valence-electron chi connectivity index (χ1n) is 15.2. The van der Waals surface area contributed by atoms with E-state index in [2.05, 4.69) is 38.3 Å². The van der Waals surface area contributed by atoms with Gasteiger partial charge >= 0.3 is 0 Å². The number of carbonyl (C=O) groups is 3. The van der Waals surface area contributed by atoms with E-state index < -0.39 is 29.6 Å². The number of carbonyl (C=O) groups excluding carboxylic acids is 3. The number of hydrogen-bond donors (Lipinski definition) is 2. The molecular weight excluding hydrogens is 526 g/mol. The Labute approximate surface area is 242 Å². The molecule has 11 atom stereocenters. The van der Waals surface area contributed by atoms with Crippen LogP contribution in [0.5, 0.6) is 0 Å². The monoisotopic (exact) mass is 567 g/mol. The van der Waals surface area contributed by atoms with Gasteiger partial charge in [0.2, 0.25) is 17.7 Å². The molecule has 2 N–H and O–H groups in total. The third-order valence-corrected chi connectivity index (χ3v) is 11.2. The molecule has 0 radical (unpaired) electrons. The molecule has 1 aromatic rings. The molecule has 3 heterocycles. The Morgan fingerprint density at radius 2 is 1.73 bits per heavy atom. The smallest absolute Gasteiger partial charge is 0.246 e. The molecule has 2 saturated carbocycles. The van der Waals surface area contributed by atoms with Crippen molar-refractivity contribution in [1.29, 1.82) is 0 Å². The number of nitrogens with zero attached hydrogens (tertiary/aromatic N) is 1. The Balaban J connectivity index is 1.35. The maximum atomic E-state index is 14.5. The highest BCUT2D eigenvalue weighted by atomic mass is 35.5. The maximum Gasteiger partial charge on any atom is 0.246 e. The van der Waals surface area contributed by atoms with Gasteiger partial charge in [-0.3, -0.25) is 14.4 Å². The first-order chi connectivity index (χ1) is 19.1. The minimum atomic E-state index is -1.15. The summed E-state index contributed by atoms with van der Waals surface area (Å²) >= 11 is 6.15. The second kappa shape index (κ2) is 10.5. The summed E-state index contributed by atoms with van der Waals surface area (Å²) in [6.07, 6.45) is 9.42. The van der Waals surface area contributed by atoms with E-state index in [0.717, 1.165) is 32.1 Å². The van der Waals surface area contributed by atoms with E-state index in [1.54, 1.807) is 24.3 Å². The zero-order valence-corrected chi connectivity index (χ0v) is 24.7. The Morgan fingerprint density at radius 3 is 2.48 bits per heavy atom. The van der Waals surface area contributed by atoms with Gasteiger partial charge in [-0.05, 0) is 54.7 Å². The first kappa shape index (κ1) is 27.8. The lowest BCUT2D eigenvalue weighted by atomic mass is 9.73. The predicted octanol–water partition coefficient (Wildman–Crippen LogP) is 5.19. The molecule has 1 aromatic carbocycles. The van der Waals surface area contributed by atoms with Crippen LogP contribution in [0.1, 0.15) is 66.2 Å². The van der Waals surface area contributed by atoms with Crippen molar-refractivity contribution >= 4 is 35.0 Å². The maximum absolute atomic E-state index is 14.5. The number of anilines is 1. The summed E-state index contributed by atoms with van der Waals surface area (Å²) in [6, 6.07) is 6.20. The summed E-state index contributed by atoms with van der Waals surface area (Å²) in [6.45, 7) is 8.90. The molecule has 216 valence electrons. The fraction of sp³-hybridized carbons (Fsp3) is 0.656. The lowest BCUT2D eigenvalue weighted by Gasteiger charge is -2.44. The molecule has 0 aromatic heterocycles. The summed E-state index contributed by atoms with van der Waals surface area (Å²) in [7, 11) is 0. The third-order valence-electron chi connectivity index (χ3n) is 11.0. The molecule has 3 amide bonds. The number of fused-ring (bicyclic) bond motifs is 1. The van der Waals surface area contributed by atoms with Gasteiger partial charge in [0.15, 0.2) is 0 Å². The fourth-order valence-corrected chi connectivity index (χ4v) is 8.54. The minimum absolute atomic E-state index is 0.0656. The van der Waals surface area contributed by atoms with Crippen molar-refractivity contribution in [3.8, 4) is 0 Å². The van der Waals surface area contributed by atoms with Crippen LogP contribution in [0.3, 0.4) is 0 Å². The van der Waals surface area contributed by atoms with Crippen LogP contribution in [0.2, 0.25) is 5.02 Å². The van der Waals surface area contributed by atoms with Crippen molar-refractivity contribution in [2.24, 2.45) is 35.5 Å². The molecule has 7 nitrogen and oxygen atoms in total. The van der Waals surface area contributed by atoms with Crippen LogP contribution < -0.4 is 10.6 Å². The first-order valence-corrected chi connectivity index (χ1v) is 15.6. The minimum Gasteiger partial charge on any atom is -0.359 e. The number of nitrogens with one attached hydrogen (secondary N) is 2. The highest BCUT2D eigenvalue weighted by Gasteiger charge is 2.73. The molecule has 0 unspecified atom stereocenters. The average Bonchev–Trinajstić information content (AvgIpc) is 3.56. The average molecular weight is 568 g/mol. The summed E-state index contributed by atoms with van der Waals surface area (Å²) in [5, 5.41) is 6.85. The highest BCUT2D eigenvalue weighted by Crippen LogP contribution is 2.57. The van der Waals surface area contributed by atoms with Crippen LogP contribution in [-0.2, 0) is 19.1 Å². The van der Waals surface area contributed by atoms with Crippen molar-refractivity contribution in [2.75, 3.05) is 5.32 Å². The molecule has 5 aliphatic rings. The van der Waals surface area contributed by atoms with E-state index in [4.69, 9.17) is 16.3 Å². The van der Waals surface area contributed by atoms with Gasteiger partial charge in [-0.15, -0.1) is 0 Å². The van der Waals surface area contributed by atoms with E-state index >= 15 is 0 Å². The van der Waals surface area contributed by atoms with Crippen LogP contribution in [0.25, 0.3) is 0 Å². The molecule has 2 saturated heterocycles. The molecular formula is C32H42ClN3O4. The number of hydrogen-bond acceptors (Lipinski definition) is 4. The SMILES string of the molecule is C[C@@H]1[C@H](N2C(=O)[C@@H]3[C@H](C(=O)Nc4cccc(Cl)c4)[C@@H]4C=C[C@@]3(O4)[C@@H]2C(=O)N[C@H]2CCC[C@@H](C)[C@@H]2C)CCC[C@@H]1C. The van der Waals surface area contributed by atoms with E-state index in [1.807, 2.05) is 17.1 Å². The number of rotatable bonds is 5. The standard InChI is InChI=1S/C32H42ClN3O4/c1-17-8-5-12-23(19(17)3)35-30(38)28-32-15-14-25(40-32)26(29(37)34-22-11-7-10-21(33)16-22)27(32)31(39)36(28)24-13-6-9-18(2)20(24)4/h7,10-11,14-20,23-28H,5-6,8-9,12-13H2,1-4H3,(H,34,37)(H,35,38)/t17-,18+,19+,20+,23+,24-,25+,26-,27+,28+,32+/m1/s1. The van der Waals surface area contributed by atoms with Crippen LogP contribution in [0, 0.1) is 35.5 Å². The number of halogens is 1. The van der Waals surface area contributed by atoms with Crippen molar-refractivity contribution in [3.05, 3.63) is 41.4 Å². The van der Waals surface area contributed by atoms with Gasteiger partial charge in [-0.2, -0.15) is 0 Å². The molecule has 6 rings (SSSR count). The summed E-state index contributed by atoms with van der Waals surface area (Å²) < 4.78 is 6.58. The normalized spacial score (nSPS) is 42.1. The van der Waals surface area contributed by atoms with E-state index in [-0.39, 0.29) is 35.7 Å². The Morgan fingerprint density at radius 1 is 1.00 bits per heavy atom. The van der Waals surface area contributed by atoms with Crippen molar-refractivity contribution in [3.63, 3.8) is 0 Å². The molecule has 40 heavy (non-hydrogen) atoms. The molecule has 1 spiro atoms. The van der Waals surface area contributed by atoms with Gasteiger partial charge in [0.25, 0.3) is 0 Å². The van der Waals surface area contributed by atoms with Crippen LogP contribution in [-0.4, -0.2) is 52.5 Å². The van der Waals surface area contributed by atoms with E-state index in [0.29, 0.717) is 28.5 Å². The zero-order valence-electron chi connectivity index (χ0n) is 23.9. The van der Waals surface area contributed by atoms with Gasteiger partial charge < -0.3 is 20.3 Å². The van der Waals surface area contributed by atoms with Gasteiger partial charge in [-0.25, -0.2) is 0 Å². The van der Waals surface area contributed by atoms with E-state index in [1.165, 1.54) is 6.42 Å². The number of amides is 3. The molecule has 2 aliphatic carbocycles. The third kappa shape index (κ3) is 4.39. The summed E-state index contributed by atoms with van der Waals surface area (Å²) in [5.74, 6) is -0.438. The van der Waals surface area contributed by atoms with E-state index in [9.17, 15) is 14.4 Å². The second-order valence-electron chi connectivity index (χ2n) is 13.2. The van der Waals surface area contributed by atoms with Gasteiger partial charge in [0, 0.05) is 22.8 Å². The predicted molar refractivity (Wildman–Crippen MR) is 155 cm³/mol. The fourth-order valence-electron chi connectivity index (χ4n) is 8.35. The Kier molecular flexibility index (Phi) is 7.27. The van der Waals surface area contributed by atoms with Crippen LogP contribution in [0.4, 0.5) is 5.69 Å². The molecule has 4 fully saturated rings. The van der Waals surface area contributed by atoms with Crippen LogP contribution >= 0.6 is 11.6 Å². The van der Waals surface area contributed by atoms with Gasteiger partial charge in [-0.1, -0.05) is 83.2 Å². The van der Waals surface area contributed by atoms with Crippen molar-refractivity contribution < 1.29 is 19.1 Å².